The van der Waals surface area contributed by atoms with Gasteiger partial charge in [-0.05, 0) is 75.2 Å². The van der Waals surface area contributed by atoms with Crippen molar-refractivity contribution in [2.24, 2.45) is 0 Å². The number of rotatable bonds is 9. The minimum absolute atomic E-state index is 0.142. The second-order valence-corrected chi connectivity index (χ2v) is 12.8. The fraction of sp³-hybridized carbons (Fsp3) is 0.250. The van der Waals surface area contributed by atoms with Crippen LogP contribution in [0.25, 0.3) is 12.2 Å². The van der Waals surface area contributed by atoms with Crippen LogP contribution in [0.15, 0.2) is 109 Å². The monoisotopic (exact) mass is 586 g/mol. The quantitative estimate of drug-likeness (QED) is 0.136. The highest BCUT2D eigenvalue weighted by molar-refractivity contribution is 6.06. The van der Waals surface area contributed by atoms with Crippen molar-refractivity contribution in [1.29, 1.82) is 0 Å². The number of unbranched alkanes of at least 4 members (excludes halogenated alkanes) is 1. The Labute approximate surface area is 260 Å². The number of benzene rings is 4. The zero-order valence-corrected chi connectivity index (χ0v) is 26.0. The highest BCUT2D eigenvalue weighted by Gasteiger charge is 2.45. The standard InChI is InChI=1S/C40H40F2N2/c1-39(2)33-11-5-7-13-35(33)43(37(39)25-19-29-15-21-31(41)22-16-29)27-9-10-28-44-36-14-8-6-12-34(36)40(3,4)38(44)26-20-30-17-23-32(42)24-18-30/h5-8,11-26H,9-10,27-28H2,1-4H3/q+2. The molecule has 2 heterocycles. The smallest absolute Gasteiger partial charge is 0.207 e. The zero-order valence-electron chi connectivity index (χ0n) is 26.0. The van der Waals surface area contributed by atoms with Gasteiger partial charge in [0.15, 0.2) is 11.4 Å². The summed E-state index contributed by atoms with van der Waals surface area (Å²) in [6.07, 6.45) is 10.6. The Morgan fingerprint density at radius 3 is 1.25 bits per heavy atom. The van der Waals surface area contributed by atoms with Crippen LogP contribution in [-0.2, 0) is 10.8 Å². The Morgan fingerprint density at radius 2 is 0.864 bits per heavy atom. The maximum Gasteiger partial charge on any atom is 0.209 e. The van der Waals surface area contributed by atoms with Gasteiger partial charge in [0.05, 0.1) is 10.8 Å². The van der Waals surface area contributed by atoms with E-state index in [1.54, 1.807) is 0 Å². The normalized spacial score (nSPS) is 16.8. The Morgan fingerprint density at radius 1 is 0.500 bits per heavy atom. The predicted octanol–water partition coefficient (Wildman–Crippen LogP) is 9.62. The van der Waals surface area contributed by atoms with E-state index in [0.29, 0.717) is 0 Å². The third-order valence-electron chi connectivity index (χ3n) is 9.22. The van der Waals surface area contributed by atoms with E-state index in [0.717, 1.165) is 37.1 Å². The molecule has 2 aliphatic heterocycles. The van der Waals surface area contributed by atoms with Gasteiger partial charge in [-0.2, -0.15) is 9.15 Å². The van der Waals surface area contributed by atoms with Crippen LogP contribution < -0.4 is 0 Å². The summed E-state index contributed by atoms with van der Waals surface area (Å²) < 4.78 is 31.9. The summed E-state index contributed by atoms with van der Waals surface area (Å²) in [5.74, 6) is -0.444. The van der Waals surface area contributed by atoms with Gasteiger partial charge in [-0.25, -0.2) is 8.78 Å². The number of para-hydroxylation sites is 2. The van der Waals surface area contributed by atoms with E-state index in [1.165, 1.54) is 58.2 Å². The summed E-state index contributed by atoms with van der Waals surface area (Å²) in [5.41, 5.74) is 9.38. The summed E-state index contributed by atoms with van der Waals surface area (Å²) in [6, 6.07) is 30.7. The number of nitrogens with zero attached hydrogens (tertiary/aromatic N) is 2. The van der Waals surface area contributed by atoms with Gasteiger partial charge in [0.1, 0.15) is 24.7 Å². The lowest BCUT2D eigenvalue weighted by Crippen LogP contribution is -2.28. The molecule has 0 amide bonds. The topological polar surface area (TPSA) is 6.02 Å². The summed E-state index contributed by atoms with van der Waals surface area (Å²) in [5, 5.41) is 0. The number of halogens is 2. The molecule has 0 radical (unpaired) electrons. The van der Waals surface area contributed by atoms with Crippen LogP contribution in [0.2, 0.25) is 0 Å². The maximum absolute atomic E-state index is 13.5. The third kappa shape index (κ3) is 5.61. The molecule has 6 rings (SSSR count). The third-order valence-corrected chi connectivity index (χ3v) is 9.22. The average Bonchev–Trinajstić information content (AvgIpc) is 3.37. The van der Waals surface area contributed by atoms with Crippen LogP contribution in [0.1, 0.15) is 62.8 Å². The first kappa shape index (κ1) is 29.6. The molecular formula is C40H40F2N2+2. The van der Waals surface area contributed by atoms with Gasteiger partial charge in [0.2, 0.25) is 11.4 Å². The van der Waals surface area contributed by atoms with Crippen molar-refractivity contribution < 1.29 is 17.9 Å². The maximum atomic E-state index is 13.5. The van der Waals surface area contributed by atoms with Gasteiger partial charge < -0.3 is 0 Å². The van der Waals surface area contributed by atoms with Crippen LogP contribution in [0, 0.1) is 11.6 Å². The van der Waals surface area contributed by atoms with Crippen molar-refractivity contribution in [1.82, 2.24) is 0 Å². The van der Waals surface area contributed by atoms with E-state index in [2.05, 4.69) is 110 Å². The molecule has 0 bridgehead atoms. The first-order valence-corrected chi connectivity index (χ1v) is 15.5. The Bertz CT molecular complexity index is 1670. The number of allylic oxidation sites excluding steroid dienone is 2. The van der Waals surface area contributed by atoms with E-state index in [9.17, 15) is 8.78 Å². The van der Waals surface area contributed by atoms with Gasteiger partial charge in [-0.3, -0.25) is 0 Å². The van der Waals surface area contributed by atoms with E-state index >= 15 is 0 Å². The van der Waals surface area contributed by atoms with E-state index in [-0.39, 0.29) is 22.5 Å². The molecule has 4 aromatic carbocycles. The van der Waals surface area contributed by atoms with Crippen molar-refractivity contribution in [3.63, 3.8) is 0 Å². The molecule has 0 aliphatic carbocycles. The molecule has 2 nitrogen and oxygen atoms in total. The van der Waals surface area contributed by atoms with Crippen molar-refractivity contribution in [2.45, 2.75) is 51.4 Å². The molecular weight excluding hydrogens is 546 g/mol. The van der Waals surface area contributed by atoms with Gasteiger partial charge in [0, 0.05) is 48.3 Å². The van der Waals surface area contributed by atoms with E-state index in [1.807, 2.05) is 24.3 Å². The fourth-order valence-electron chi connectivity index (χ4n) is 6.80. The molecule has 222 valence electrons. The molecule has 44 heavy (non-hydrogen) atoms. The van der Waals surface area contributed by atoms with Gasteiger partial charge in [-0.1, -0.05) is 60.7 Å². The van der Waals surface area contributed by atoms with E-state index in [4.69, 9.17) is 0 Å². The number of hydrogen-bond donors (Lipinski definition) is 0. The van der Waals surface area contributed by atoms with Crippen LogP contribution in [0.4, 0.5) is 20.2 Å². The Kier molecular flexibility index (Phi) is 8.02. The summed E-state index contributed by atoms with van der Waals surface area (Å²) in [4.78, 5) is 0. The summed E-state index contributed by atoms with van der Waals surface area (Å²) in [6.45, 7) is 11.0. The van der Waals surface area contributed by atoms with E-state index < -0.39 is 0 Å². The van der Waals surface area contributed by atoms with Gasteiger partial charge in [-0.15, -0.1) is 0 Å². The minimum Gasteiger partial charge on any atom is -0.207 e. The second kappa shape index (κ2) is 11.9. The molecule has 0 saturated carbocycles. The molecule has 2 aliphatic rings. The molecule has 0 saturated heterocycles. The highest BCUT2D eigenvalue weighted by atomic mass is 19.1. The average molecular weight is 587 g/mol. The molecule has 0 unspecified atom stereocenters. The second-order valence-electron chi connectivity index (χ2n) is 12.8. The van der Waals surface area contributed by atoms with Crippen molar-refractivity contribution in [2.75, 3.05) is 13.1 Å². The first-order valence-electron chi connectivity index (χ1n) is 15.5. The highest BCUT2D eigenvalue weighted by Crippen LogP contribution is 2.41. The molecule has 0 N–H and O–H groups in total. The molecule has 4 aromatic rings. The Hall–Kier alpha value is -4.44. The lowest BCUT2D eigenvalue weighted by Gasteiger charge is -2.15. The van der Waals surface area contributed by atoms with Crippen LogP contribution in [0.5, 0.6) is 0 Å². The van der Waals surface area contributed by atoms with Crippen molar-refractivity contribution >= 4 is 35.0 Å². The van der Waals surface area contributed by atoms with Crippen molar-refractivity contribution in [3.05, 3.63) is 143 Å². The van der Waals surface area contributed by atoms with Gasteiger partial charge >= 0.3 is 0 Å². The number of fused-ring (bicyclic) bond motifs is 2. The lowest BCUT2D eigenvalue weighted by molar-refractivity contribution is -0.451. The zero-order chi connectivity index (χ0) is 30.9. The molecule has 0 atom stereocenters. The SMILES string of the molecule is CC1(C)C(C=Cc2ccc(F)cc2)=[N+](CCCC[N+]2=C(C=Cc3ccc(F)cc3)C(C)(C)c3ccccc32)c2ccccc21. The van der Waals surface area contributed by atoms with Crippen LogP contribution >= 0.6 is 0 Å². The molecule has 0 fully saturated rings. The first-order chi connectivity index (χ1) is 21.2. The molecule has 0 aromatic heterocycles. The molecule has 4 heteroatoms. The summed E-state index contributed by atoms with van der Waals surface area (Å²) >= 11 is 0. The van der Waals surface area contributed by atoms with Gasteiger partial charge in [0.25, 0.3) is 0 Å². The van der Waals surface area contributed by atoms with Crippen molar-refractivity contribution in [3.8, 4) is 0 Å². The van der Waals surface area contributed by atoms with Crippen LogP contribution in [0.3, 0.4) is 0 Å². The van der Waals surface area contributed by atoms with Crippen LogP contribution in [-0.4, -0.2) is 33.7 Å². The predicted molar refractivity (Wildman–Crippen MR) is 179 cm³/mol. The largest absolute Gasteiger partial charge is 0.209 e. The number of hydrogen-bond acceptors (Lipinski definition) is 0. The fourth-order valence-corrected chi connectivity index (χ4v) is 6.80. The summed E-state index contributed by atoms with van der Waals surface area (Å²) in [7, 11) is 0. The lowest BCUT2D eigenvalue weighted by atomic mass is 9.81. The Balaban J connectivity index is 1.26. The minimum atomic E-state index is -0.222. The molecule has 0 spiro atoms.